The number of benzene rings is 1. The molecule has 0 aliphatic rings. The molecule has 1 aromatic carbocycles. The van der Waals surface area contributed by atoms with Gasteiger partial charge in [-0.15, -0.1) is 0 Å². The number of nitrogens with one attached hydrogen (secondary N) is 1. The van der Waals surface area contributed by atoms with Gasteiger partial charge in [-0.1, -0.05) is 32.0 Å². The molecular weight excluding hydrogens is 222 g/mol. The number of carbonyl (C=O) groups is 1. The molecule has 1 atom stereocenters. The van der Waals surface area contributed by atoms with Gasteiger partial charge in [0, 0.05) is 11.4 Å². The Bertz CT molecular complexity index is 290. The summed E-state index contributed by atoms with van der Waals surface area (Å²) in [7, 11) is 0. The number of thioether (sulfide) groups is 1. The highest BCUT2D eigenvalue weighted by molar-refractivity contribution is 7.98. The van der Waals surface area contributed by atoms with Gasteiger partial charge in [0.05, 0.1) is 0 Å². The van der Waals surface area contributed by atoms with Crippen molar-refractivity contribution in [2.24, 2.45) is 0 Å². The van der Waals surface area contributed by atoms with Crippen molar-refractivity contribution >= 4 is 23.4 Å². The van der Waals surface area contributed by atoms with E-state index in [-0.39, 0.29) is 0 Å². The van der Waals surface area contributed by atoms with Gasteiger partial charge in [-0.05, 0) is 18.4 Å². The molecular formula is C12H19NO2S. The first-order chi connectivity index (χ1) is 7.74. The molecule has 0 aliphatic heterocycles. The molecule has 16 heavy (non-hydrogen) atoms. The van der Waals surface area contributed by atoms with E-state index in [9.17, 15) is 4.79 Å². The average molecular weight is 241 g/mol. The van der Waals surface area contributed by atoms with Crippen LogP contribution in [0, 0.1) is 0 Å². The van der Waals surface area contributed by atoms with Crippen LogP contribution in [-0.2, 0) is 4.79 Å². The summed E-state index contributed by atoms with van der Waals surface area (Å²) in [6, 6.07) is 8.84. The maximum absolute atomic E-state index is 10.8. The zero-order chi connectivity index (χ0) is 12.4. The summed E-state index contributed by atoms with van der Waals surface area (Å²) >= 11 is 1.51. The zero-order valence-corrected chi connectivity index (χ0v) is 10.8. The van der Waals surface area contributed by atoms with E-state index >= 15 is 0 Å². The van der Waals surface area contributed by atoms with E-state index in [1.807, 2.05) is 50.4 Å². The third-order valence-electron chi connectivity index (χ3n) is 1.75. The number of anilines is 1. The van der Waals surface area contributed by atoms with Gasteiger partial charge in [-0.2, -0.15) is 11.8 Å². The Hall–Kier alpha value is -1.16. The lowest BCUT2D eigenvalue weighted by atomic mass is 10.2. The van der Waals surface area contributed by atoms with E-state index in [1.54, 1.807) is 0 Å². The second-order valence-electron chi connectivity index (χ2n) is 2.86. The molecule has 1 aromatic rings. The first-order valence-electron chi connectivity index (χ1n) is 5.27. The van der Waals surface area contributed by atoms with Crippen LogP contribution in [-0.4, -0.2) is 29.1 Å². The van der Waals surface area contributed by atoms with E-state index in [0.717, 1.165) is 5.69 Å². The van der Waals surface area contributed by atoms with Crippen LogP contribution < -0.4 is 5.32 Å². The minimum absolute atomic E-state index is 0.521. The van der Waals surface area contributed by atoms with Crippen molar-refractivity contribution in [2.45, 2.75) is 19.9 Å². The Kier molecular flexibility index (Phi) is 8.43. The van der Waals surface area contributed by atoms with Crippen molar-refractivity contribution in [1.29, 1.82) is 0 Å². The fourth-order valence-corrected chi connectivity index (χ4v) is 1.64. The Morgan fingerprint density at radius 2 is 1.94 bits per heavy atom. The largest absolute Gasteiger partial charge is 0.480 e. The van der Waals surface area contributed by atoms with Gasteiger partial charge in [-0.3, -0.25) is 0 Å². The molecule has 0 spiro atoms. The zero-order valence-electron chi connectivity index (χ0n) is 9.93. The SMILES string of the molecule is CC.CSCC(Nc1ccccc1)C(=O)O. The highest BCUT2D eigenvalue weighted by atomic mass is 32.2. The molecule has 0 fully saturated rings. The first kappa shape index (κ1) is 14.8. The number of para-hydroxylation sites is 1. The molecule has 0 bridgehead atoms. The summed E-state index contributed by atoms with van der Waals surface area (Å²) in [5.41, 5.74) is 0.842. The lowest BCUT2D eigenvalue weighted by Gasteiger charge is -2.14. The van der Waals surface area contributed by atoms with Crippen LogP contribution in [0.5, 0.6) is 0 Å². The van der Waals surface area contributed by atoms with Crippen molar-refractivity contribution in [2.75, 3.05) is 17.3 Å². The molecule has 1 unspecified atom stereocenters. The Morgan fingerprint density at radius 1 is 1.38 bits per heavy atom. The van der Waals surface area contributed by atoms with Crippen molar-refractivity contribution in [3.05, 3.63) is 30.3 Å². The third kappa shape index (κ3) is 5.66. The molecule has 0 aromatic heterocycles. The highest BCUT2D eigenvalue weighted by Gasteiger charge is 2.15. The fourth-order valence-electron chi connectivity index (χ4n) is 1.08. The summed E-state index contributed by atoms with van der Waals surface area (Å²) in [5, 5.41) is 11.8. The second-order valence-corrected chi connectivity index (χ2v) is 3.77. The minimum atomic E-state index is -0.816. The smallest absolute Gasteiger partial charge is 0.326 e. The molecule has 0 saturated carbocycles. The molecule has 90 valence electrons. The third-order valence-corrected chi connectivity index (χ3v) is 2.41. The lowest BCUT2D eigenvalue weighted by molar-refractivity contribution is -0.137. The predicted molar refractivity (Wildman–Crippen MR) is 71.2 cm³/mol. The maximum Gasteiger partial charge on any atom is 0.326 e. The van der Waals surface area contributed by atoms with Gasteiger partial charge in [-0.25, -0.2) is 4.79 Å². The van der Waals surface area contributed by atoms with Gasteiger partial charge in [0.15, 0.2) is 0 Å². The standard InChI is InChI=1S/C10H13NO2S.C2H6/c1-14-7-9(10(12)13)11-8-5-3-2-4-6-8;1-2/h2-6,9,11H,7H2,1H3,(H,12,13);1-2H3. The number of rotatable bonds is 5. The maximum atomic E-state index is 10.8. The van der Waals surface area contributed by atoms with Gasteiger partial charge in [0.2, 0.25) is 0 Å². The van der Waals surface area contributed by atoms with Crippen molar-refractivity contribution in [1.82, 2.24) is 0 Å². The van der Waals surface area contributed by atoms with E-state index in [2.05, 4.69) is 5.32 Å². The summed E-state index contributed by atoms with van der Waals surface area (Å²) in [6.45, 7) is 4.00. The van der Waals surface area contributed by atoms with Crippen LogP contribution in [0.3, 0.4) is 0 Å². The number of carboxylic acids is 1. The minimum Gasteiger partial charge on any atom is -0.480 e. The van der Waals surface area contributed by atoms with E-state index in [0.29, 0.717) is 5.75 Å². The summed E-state index contributed by atoms with van der Waals surface area (Å²) < 4.78 is 0. The Labute approximate surface area is 101 Å². The fraction of sp³-hybridized carbons (Fsp3) is 0.417. The van der Waals surface area contributed by atoms with Gasteiger partial charge >= 0.3 is 5.97 Å². The number of carboxylic acid groups (broad SMARTS) is 1. The highest BCUT2D eigenvalue weighted by Crippen LogP contribution is 2.09. The molecule has 4 heteroatoms. The normalized spacial score (nSPS) is 10.9. The molecule has 0 saturated heterocycles. The summed E-state index contributed by atoms with van der Waals surface area (Å²) in [4.78, 5) is 10.8. The van der Waals surface area contributed by atoms with Gasteiger partial charge in [0.25, 0.3) is 0 Å². The number of hydrogen-bond donors (Lipinski definition) is 2. The summed E-state index contributed by atoms with van der Waals surface area (Å²) in [5.74, 6) is -0.257. The number of hydrogen-bond acceptors (Lipinski definition) is 3. The molecule has 1 rings (SSSR count). The van der Waals surface area contributed by atoms with E-state index in [4.69, 9.17) is 5.11 Å². The molecule has 2 N–H and O–H groups in total. The molecule has 0 amide bonds. The van der Waals surface area contributed by atoms with Crippen molar-refractivity contribution < 1.29 is 9.90 Å². The molecule has 3 nitrogen and oxygen atoms in total. The molecule has 0 radical (unpaired) electrons. The average Bonchev–Trinajstić information content (AvgIpc) is 2.32. The molecule has 0 aliphatic carbocycles. The van der Waals surface area contributed by atoms with E-state index in [1.165, 1.54) is 11.8 Å². The number of aliphatic carboxylic acids is 1. The Balaban J connectivity index is 0.00000106. The van der Waals surface area contributed by atoms with Crippen LogP contribution in [0.1, 0.15) is 13.8 Å². The Morgan fingerprint density at radius 3 is 2.38 bits per heavy atom. The second kappa shape index (κ2) is 9.09. The first-order valence-corrected chi connectivity index (χ1v) is 6.66. The van der Waals surface area contributed by atoms with Crippen molar-refractivity contribution in [3.8, 4) is 0 Å². The van der Waals surface area contributed by atoms with Gasteiger partial charge < -0.3 is 10.4 Å². The van der Waals surface area contributed by atoms with Crippen LogP contribution in [0.2, 0.25) is 0 Å². The topological polar surface area (TPSA) is 49.3 Å². The molecule has 0 heterocycles. The van der Waals surface area contributed by atoms with Crippen LogP contribution in [0.4, 0.5) is 5.69 Å². The van der Waals surface area contributed by atoms with E-state index < -0.39 is 12.0 Å². The van der Waals surface area contributed by atoms with Gasteiger partial charge in [0.1, 0.15) is 6.04 Å². The van der Waals surface area contributed by atoms with Crippen LogP contribution >= 0.6 is 11.8 Å². The van der Waals surface area contributed by atoms with Crippen LogP contribution in [0.15, 0.2) is 30.3 Å². The summed E-state index contributed by atoms with van der Waals surface area (Å²) in [6.07, 6.45) is 1.89. The van der Waals surface area contributed by atoms with Crippen LogP contribution in [0.25, 0.3) is 0 Å². The monoisotopic (exact) mass is 241 g/mol. The van der Waals surface area contributed by atoms with Crippen molar-refractivity contribution in [3.63, 3.8) is 0 Å². The quantitative estimate of drug-likeness (QED) is 0.832. The lowest BCUT2D eigenvalue weighted by Crippen LogP contribution is -2.31. The predicted octanol–water partition coefficient (Wildman–Crippen LogP) is 2.94.